The van der Waals surface area contributed by atoms with Crippen molar-refractivity contribution in [3.05, 3.63) is 33.9 Å². The molecule has 0 spiro atoms. The molecule has 0 aliphatic carbocycles. The molecule has 0 unspecified atom stereocenters. The highest BCUT2D eigenvalue weighted by molar-refractivity contribution is 9.10. The fraction of sp³-hybridized carbons (Fsp3) is 0.273. The van der Waals surface area contributed by atoms with E-state index in [1.54, 1.807) is 0 Å². The smallest absolute Gasteiger partial charge is 0.0491 e. The van der Waals surface area contributed by atoms with Crippen molar-refractivity contribution < 1.29 is 0 Å². The van der Waals surface area contributed by atoms with Crippen molar-refractivity contribution in [1.29, 1.82) is 0 Å². The molecule has 2 rings (SSSR count). The maximum atomic E-state index is 5.61. The number of rotatable bonds is 1. The largest absolute Gasteiger partial charge is 0.347 e. The van der Waals surface area contributed by atoms with E-state index < -0.39 is 0 Å². The number of aromatic nitrogens is 1. The highest BCUT2D eigenvalue weighted by Gasteiger charge is 2.09. The van der Waals surface area contributed by atoms with E-state index in [0.29, 0.717) is 6.54 Å². The molecule has 1 aromatic carbocycles. The monoisotopic (exact) mass is 252 g/mol. The summed E-state index contributed by atoms with van der Waals surface area (Å²) in [6.45, 7) is 2.70. The molecule has 0 bridgehead atoms. The minimum absolute atomic E-state index is 0.594. The van der Waals surface area contributed by atoms with Crippen LogP contribution in [-0.2, 0) is 13.6 Å². The Labute approximate surface area is 91.8 Å². The fourth-order valence-corrected chi connectivity index (χ4v) is 2.28. The van der Waals surface area contributed by atoms with Crippen molar-refractivity contribution in [1.82, 2.24) is 4.57 Å². The molecule has 0 atom stereocenters. The summed E-state index contributed by atoms with van der Waals surface area (Å²) in [5.74, 6) is 0. The quantitative estimate of drug-likeness (QED) is 0.832. The molecular weight excluding hydrogens is 240 g/mol. The lowest BCUT2D eigenvalue weighted by Crippen LogP contribution is -1.95. The molecule has 2 nitrogen and oxygen atoms in total. The maximum absolute atomic E-state index is 5.61. The van der Waals surface area contributed by atoms with E-state index in [-0.39, 0.29) is 0 Å². The highest BCUT2D eigenvalue weighted by Crippen LogP contribution is 2.30. The third kappa shape index (κ3) is 1.28. The lowest BCUT2D eigenvalue weighted by Gasteiger charge is -1.99. The van der Waals surface area contributed by atoms with E-state index in [4.69, 9.17) is 5.73 Å². The van der Waals surface area contributed by atoms with Gasteiger partial charge in [-0.3, -0.25) is 0 Å². The van der Waals surface area contributed by atoms with Crippen LogP contribution in [0.25, 0.3) is 10.9 Å². The molecule has 2 aromatic rings. The molecule has 74 valence electrons. The van der Waals surface area contributed by atoms with Crippen LogP contribution in [0, 0.1) is 6.92 Å². The zero-order valence-corrected chi connectivity index (χ0v) is 9.93. The van der Waals surface area contributed by atoms with E-state index >= 15 is 0 Å². The van der Waals surface area contributed by atoms with Gasteiger partial charge >= 0.3 is 0 Å². The summed E-state index contributed by atoms with van der Waals surface area (Å²) in [5, 5.41) is 1.24. The third-order valence-corrected chi connectivity index (χ3v) is 3.72. The van der Waals surface area contributed by atoms with Crippen molar-refractivity contribution in [3.63, 3.8) is 0 Å². The SMILES string of the molecule is Cc1c(Br)c2cc(CN)ccc2n1C. The molecule has 0 amide bonds. The average Bonchev–Trinajstić information content (AvgIpc) is 2.44. The van der Waals surface area contributed by atoms with Crippen LogP contribution in [0.3, 0.4) is 0 Å². The molecule has 2 N–H and O–H groups in total. The molecule has 3 heteroatoms. The molecule has 0 aliphatic heterocycles. The van der Waals surface area contributed by atoms with Gasteiger partial charge in [-0.15, -0.1) is 0 Å². The second-order valence-electron chi connectivity index (χ2n) is 3.51. The number of nitrogens with zero attached hydrogens (tertiary/aromatic N) is 1. The normalized spacial score (nSPS) is 11.1. The number of hydrogen-bond donors (Lipinski definition) is 1. The van der Waals surface area contributed by atoms with Crippen LogP contribution < -0.4 is 5.73 Å². The van der Waals surface area contributed by atoms with Gasteiger partial charge < -0.3 is 10.3 Å². The molecule has 0 aliphatic rings. The first-order valence-corrected chi connectivity index (χ1v) is 5.38. The van der Waals surface area contributed by atoms with Gasteiger partial charge in [-0.25, -0.2) is 0 Å². The lowest BCUT2D eigenvalue weighted by molar-refractivity contribution is 0.913. The topological polar surface area (TPSA) is 30.9 Å². The molecule has 0 radical (unpaired) electrons. The summed E-state index contributed by atoms with van der Waals surface area (Å²) in [7, 11) is 2.07. The summed E-state index contributed by atoms with van der Waals surface area (Å²) < 4.78 is 3.35. The third-order valence-electron chi connectivity index (χ3n) is 2.72. The molecule has 0 saturated heterocycles. The van der Waals surface area contributed by atoms with Crippen LogP contribution >= 0.6 is 15.9 Å². The predicted octanol–water partition coefficient (Wildman–Crippen LogP) is 2.71. The number of halogens is 1. The van der Waals surface area contributed by atoms with E-state index in [1.807, 2.05) is 0 Å². The number of fused-ring (bicyclic) bond motifs is 1. The standard InChI is InChI=1S/C11H13BrN2/c1-7-11(12)9-5-8(6-13)3-4-10(9)14(7)2/h3-5H,6,13H2,1-2H3. The van der Waals surface area contributed by atoms with E-state index in [9.17, 15) is 0 Å². The second kappa shape index (κ2) is 3.41. The predicted molar refractivity (Wildman–Crippen MR) is 63.2 cm³/mol. The maximum Gasteiger partial charge on any atom is 0.0491 e. The average molecular weight is 253 g/mol. The van der Waals surface area contributed by atoms with Crippen molar-refractivity contribution in [2.24, 2.45) is 12.8 Å². The molecule has 14 heavy (non-hydrogen) atoms. The van der Waals surface area contributed by atoms with Gasteiger partial charge in [0.05, 0.1) is 0 Å². The van der Waals surface area contributed by atoms with Gasteiger partial charge in [-0.1, -0.05) is 6.07 Å². The summed E-state index contributed by atoms with van der Waals surface area (Å²) in [4.78, 5) is 0. The van der Waals surface area contributed by atoms with Crippen LogP contribution in [0.4, 0.5) is 0 Å². The van der Waals surface area contributed by atoms with Gasteiger partial charge in [0.15, 0.2) is 0 Å². The van der Waals surface area contributed by atoms with E-state index in [2.05, 4.69) is 52.7 Å². The van der Waals surface area contributed by atoms with Gasteiger partial charge in [-0.2, -0.15) is 0 Å². The van der Waals surface area contributed by atoms with E-state index in [1.165, 1.54) is 26.6 Å². The zero-order valence-electron chi connectivity index (χ0n) is 8.34. The highest BCUT2D eigenvalue weighted by atomic mass is 79.9. The van der Waals surface area contributed by atoms with Crippen molar-refractivity contribution in [2.45, 2.75) is 13.5 Å². The second-order valence-corrected chi connectivity index (χ2v) is 4.31. The van der Waals surface area contributed by atoms with Crippen molar-refractivity contribution >= 4 is 26.8 Å². The number of benzene rings is 1. The molecular formula is C11H13BrN2. The van der Waals surface area contributed by atoms with Gasteiger partial charge in [0.1, 0.15) is 0 Å². The molecule has 0 fully saturated rings. The Morgan fingerprint density at radius 2 is 2.14 bits per heavy atom. The summed E-state index contributed by atoms with van der Waals surface area (Å²) >= 11 is 3.60. The van der Waals surface area contributed by atoms with Gasteiger partial charge in [0, 0.05) is 34.7 Å². The Kier molecular flexibility index (Phi) is 2.37. The van der Waals surface area contributed by atoms with Gasteiger partial charge in [0.25, 0.3) is 0 Å². The summed E-state index contributed by atoms with van der Waals surface area (Å²) in [6.07, 6.45) is 0. The van der Waals surface area contributed by atoms with Crippen LogP contribution in [0.5, 0.6) is 0 Å². The number of nitrogens with two attached hydrogens (primary N) is 1. The summed E-state index contributed by atoms with van der Waals surface area (Å²) in [5.41, 5.74) is 9.27. The minimum atomic E-state index is 0.594. The van der Waals surface area contributed by atoms with Gasteiger partial charge in [-0.05, 0) is 40.5 Å². The van der Waals surface area contributed by atoms with Crippen LogP contribution in [-0.4, -0.2) is 4.57 Å². The minimum Gasteiger partial charge on any atom is -0.347 e. The molecule has 0 saturated carbocycles. The first-order chi connectivity index (χ1) is 6.65. The Bertz CT molecular complexity index is 485. The Morgan fingerprint density at radius 1 is 1.43 bits per heavy atom. The van der Waals surface area contributed by atoms with Crippen LogP contribution in [0.1, 0.15) is 11.3 Å². The van der Waals surface area contributed by atoms with Crippen LogP contribution in [0.15, 0.2) is 22.7 Å². The van der Waals surface area contributed by atoms with Gasteiger partial charge in [0.2, 0.25) is 0 Å². The van der Waals surface area contributed by atoms with Crippen molar-refractivity contribution in [2.75, 3.05) is 0 Å². The first kappa shape index (κ1) is 9.74. The Balaban J connectivity index is 2.82. The Hall–Kier alpha value is -0.800. The summed E-state index contributed by atoms with van der Waals surface area (Å²) in [6, 6.07) is 6.34. The number of hydrogen-bond acceptors (Lipinski definition) is 1. The van der Waals surface area contributed by atoms with Crippen LogP contribution in [0.2, 0.25) is 0 Å². The molecule has 1 aromatic heterocycles. The zero-order chi connectivity index (χ0) is 10.3. The lowest BCUT2D eigenvalue weighted by atomic mass is 10.1. The van der Waals surface area contributed by atoms with Crippen molar-refractivity contribution in [3.8, 4) is 0 Å². The Morgan fingerprint density at radius 3 is 2.79 bits per heavy atom. The van der Waals surface area contributed by atoms with E-state index in [0.717, 1.165) is 0 Å². The number of aryl methyl sites for hydroxylation is 1. The first-order valence-electron chi connectivity index (χ1n) is 4.58. The fourth-order valence-electron chi connectivity index (χ4n) is 1.70. The molecule has 1 heterocycles.